The van der Waals surface area contributed by atoms with Crippen molar-refractivity contribution >= 4 is 0 Å². The molecule has 2 aliphatic rings. The third-order valence-corrected chi connectivity index (χ3v) is 4.45. The van der Waals surface area contributed by atoms with Gasteiger partial charge in [0.05, 0.1) is 6.54 Å². The number of hydrogen-bond acceptors (Lipinski definition) is 4. The van der Waals surface area contributed by atoms with Crippen molar-refractivity contribution in [2.45, 2.75) is 57.5 Å². The number of aromatic nitrogens is 3. The van der Waals surface area contributed by atoms with Gasteiger partial charge in [0.15, 0.2) is 0 Å². The Morgan fingerprint density at radius 2 is 2.05 bits per heavy atom. The van der Waals surface area contributed by atoms with E-state index in [1.807, 2.05) is 0 Å². The largest absolute Gasteiger partial charge is 0.451 e. The topological polar surface area (TPSA) is 46.0 Å². The predicted octanol–water partition coefficient (Wildman–Crippen LogP) is 1.64. The summed E-state index contributed by atoms with van der Waals surface area (Å²) in [5, 5.41) is 10.5. The first kappa shape index (κ1) is 14.8. The maximum Gasteiger partial charge on any atom is 0.451 e. The van der Waals surface area contributed by atoms with Gasteiger partial charge in [-0.1, -0.05) is 6.92 Å². The van der Waals surface area contributed by atoms with Crippen molar-refractivity contribution in [3.8, 4) is 0 Å². The van der Waals surface area contributed by atoms with Crippen LogP contribution in [0, 0.1) is 0 Å². The molecular weight excluding hydrogens is 283 g/mol. The molecule has 1 fully saturated rings. The lowest BCUT2D eigenvalue weighted by atomic mass is 10.2. The van der Waals surface area contributed by atoms with Gasteiger partial charge in [0, 0.05) is 25.2 Å². The van der Waals surface area contributed by atoms with E-state index in [-0.39, 0.29) is 0 Å². The summed E-state index contributed by atoms with van der Waals surface area (Å²) in [4.78, 5) is 2.25. The summed E-state index contributed by atoms with van der Waals surface area (Å²) < 4.78 is 39.6. The highest BCUT2D eigenvalue weighted by atomic mass is 19.4. The summed E-state index contributed by atoms with van der Waals surface area (Å²) in [6, 6.07) is 0.972. The maximum atomic E-state index is 12.8. The van der Waals surface area contributed by atoms with Gasteiger partial charge in [0.25, 0.3) is 0 Å². The zero-order valence-electron chi connectivity index (χ0n) is 12.0. The van der Waals surface area contributed by atoms with Crippen molar-refractivity contribution in [1.29, 1.82) is 0 Å². The highest BCUT2D eigenvalue weighted by Gasteiger charge is 2.40. The Kier molecular flexibility index (Phi) is 3.92. The number of fused-ring (bicyclic) bond motifs is 1. The summed E-state index contributed by atoms with van der Waals surface area (Å²) in [7, 11) is 0. The highest BCUT2D eigenvalue weighted by molar-refractivity contribution is 5.03. The van der Waals surface area contributed by atoms with Gasteiger partial charge in [-0.15, -0.1) is 10.2 Å². The first-order valence-corrected chi connectivity index (χ1v) is 7.45. The third kappa shape index (κ3) is 2.91. The molecule has 8 heteroatoms. The minimum Gasteiger partial charge on any atom is -0.314 e. The maximum absolute atomic E-state index is 12.8. The minimum atomic E-state index is -4.42. The number of nitrogens with zero attached hydrogens (tertiary/aromatic N) is 4. The average molecular weight is 303 g/mol. The van der Waals surface area contributed by atoms with Gasteiger partial charge in [0.1, 0.15) is 5.82 Å². The normalized spacial score (nSPS) is 27.0. The summed E-state index contributed by atoms with van der Waals surface area (Å²) in [6.07, 6.45) is -1.13. The Labute approximate surface area is 121 Å². The Hall–Kier alpha value is -1.15. The van der Waals surface area contributed by atoms with Crippen LogP contribution in [0.2, 0.25) is 0 Å². The van der Waals surface area contributed by atoms with E-state index in [9.17, 15) is 13.2 Å². The van der Waals surface area contributed by atoms with Crippen molar-refractivity contribution in [3.63, 3.8) is 0 Å². The predicted molar refractivity (Wildman–Crippen MR) is 70.5 cm³/mol. The second-order valence-electron chi connectivity index (χ2n) is 5.78. The SMILES string of the molecule is CCNC1CCC(N2CCn3c(nnc3C(F)(F)F)C2)C1. The van der Waals surface area contributed by atoms with E-state index in [1.165, 1.54) is 4.57 Å². The van der Waals surface area contributed by atoms with E-state index in [1.54, 1.807) is 0 Å². The summed E-state index contributed by atoms with van der Waals surface area (Å²) in [5.74, 6) is -0.436. The molecular formula is C13H20F3N5. The van der Waals surface area contributed by atoms with Gasteiger partial charge in [-0.25, -0.2) is 0 Å². The molecule has 118 valence electrons. The molecule has 1 aromatic rings. The second-order valence-corrected chi connectivity index (χ2v) is 5.78. The molecule has 5 nitrogen and oxygen atoms in total. The van der Waals surface area contributed by atoms with Crippen molar-refractivity contribution in [3.05, 3.63) is 11.6 Å². The fourth-order valence-corrected chi connectivity index (χ4v) is 3.46. The fraction of sp³-hybridized carbons (Fsp3) is 0.846. The Bertz CT molecular complexity index is 498. The van der Waals surface area contributed by atoms with Gasteiger partial charge < -0.3 is 9.88 Å². The van der Waals surface area contributed by atoms with Gasteiger partial charge in [-0.3, -0.25) is 4.90 Å². The zero-order chi connectivity index (χ0) is 15.0. The van der Waals surface area contributed by atoms with Crippen LogP contribution in [-0.2, 0) is 19.3 Å². The van der Waals surface area contributed by atoms with Crippen LogP contribution in [0.25, 0.3) is 0 Å². The molecule has 0 radical (unpaired) electrons. The van der Waals surface area contributed by atoms with Crippen LogP contribution in [0.3, 0.4) is 0 Å². The molecule has 0 spiro atoms. The molecule has 3 rings (SSSR count). The Balaban J connectivity index is 1.67. The smallest absolute Gasteiger partial charge is 0.314 e. The first-order valence-electron chi connectivity index (χ1n) is 7.45. The zero-order valence-corrected chi connectivity index (χ0v) is 12.0. The number of rotatable bonds is 3. The molecule has 0 aromatic carbocycles. The molecule has 0 bridgehead atoms. The fourth-order valence-electron chi connectivity index (χ4n) is 3.46. The molecule has 1 aliphatic heterocycles. The Morgan fingerprint density at radius 3 is 2.76 bits per heavy atom. The van der Waals surface area contributed by atoms with E-state index in [0.29, 0.717) is 37.5 Å². The molecule has 1 aromatic heterocycles. The van der Waals surface area contributed by atoms with E-state index in [2.05, 4.69) is 27.3 Å². The highest BCUT2D eigenvalue weighted by Crippen LogP contribution is 2.31. The second kappa shape index (κ2) is 5.57. The lowest BCUT2D eigenvalue weighted by molar-refractivity contribution is -0.148. The summed E-state index contributed by atoms with van der Waals surface area (Å²) in [5.41, 5.74) is 0. The van der Waals surface area contributed by atoms with Crippen LogP contribution in [0.4, 0.5) is 13.2 Å². The van der Waals surface area contributed by atoms with Crippen LogP contribution in [0.5, 0.6) is 0 Å². The number of hydrogen-bond donors (Lipinski definition) is 1. The molecule has 0 amide bonds. The van der Waals surface area contributed by atoms with E-state index >= 15 is 0 Å². The average Bonchev–Trinajstić information content (AvgIpc) is 3.03. The van der Waals surface area contributed by atoms with Gasteiger partial charge >= 0.3 is 6.18 Å². The van der Waals surface area contributed by atoms with E-state index < -0.39 is 12.0 Å². The molecule has 21 heavy (non-hydrogen) atoms. The van der Waals surface area contributed by atoms with Crippen LogP contribution >= 0.6 is 0 Å². The molecule has 1 saturated carbocycles. The Morgan fingerprint density at radius 1 is 1.24 bits per heavy atom. The van der Waals surface area contributed by atoms with E-state index in [4.69, 9.17) is 0 Å². The summed E-state index contributed by atoms with van der Waals surface area (Å²) >= 11 is 0. The van der Waals surface area contributed by atoms with Crippen molar-refractivity contribution in [2.24, 2.45) is 0 Å². The van der Waals surface area contributed by atoms with Crippen molar-refractivity contribution in [1.82, 2.24) is 25.0 Å². The lowest BCUT2D eigenvalue weighted by Crippen LogP contribution is -2.41. The van der Waals surface area contributed by atoms with Gasteiger partial charge in [-0.2, -0.15) is 13.2 Å². The van der Waals surface area contributed by atoms with Crippen LogP contribution in [-0.4, -0.2) is 44.8 Å². The molecule has 2 unspecified atom stereocenters. The first-order chi connectivity index (χ1) is 9.99. The molecule has 2 atom stereocenters. The quantitative estimate of drug-likeness (QED) is 0.922. The van der Waals surface area contributed by atoms with Gasteiger partial charge in [0.2, 0.25) is 5.82 Å². The lowest BCUT2D eigenvalue weighted by Gasteiger charge is -2.32. The summed E-state index contributed by atoms with van der Waals surface area (Å²) in [6.45, 7) is 4.47. The standard InChI is InChI=1S/C13H20F3N5/c1-2-17-9-3-4-10(7-9)20-5-6-21-11(8-20)18-19-12(21)13(14,15)16/h9-10,17H,2-8H2,1H3. The third-order valence-electron chi connectivity index (χ3n) is 4.45. The number of alkyl halides is 3. The van der Waals surface area contributed by atoms with Gasteiger partial charge in [-0.05, 0) is 25.8 Å². The number of nitrogens with one attached hydrogen (secondary N) is 1. The molecule has 1 aliphatic carbocycles. The van der Waals surface area contributed by atoms with Crippen LogP contribution in [0.15, 0.2) is 0 Å². The van der Waals surface area contributed by atoms with Crippen LogP contribution < -0.4 is 5.32 Å². The number of halogens is 3. The van der Waals surface area contributed by atoms with Crippen molar-refractivity contribution < 1.29 is 13.2 Å². The minimum absolute atomic E-state index is 0.319. The monoisotopic (exact) mass is 303 g/mol. The molecule has 2 heterocycles. The van der Waals surface area contributed by atoms with Crippen molar-refractivity contribution in [2.75, 3.05) is 13.1 Å². The van der Waals surface area contributed by atoms with E-state index in [0.717, 1.165) is 25.8 Å². The van der Waals surface area contributed by atoms with Crippen LogP contribution in [0.1, 0.15) is 37.8 Å². The molecule has 0 saturated heterocycles. The molecule has 1 N–H and O–H groups in total.